The minimum absolute atomic E-state index is 0.426. The van der Waals surface area contributed by atoms with Crippen LogP contribution in [0.4, 0.5) is 0 Å². The van der Waals surface area contributed by atoms with Gasteiger partial charge >= 0.3 is 0 Å². The van der Waals surface area contributed by atoms with E-state index in [1.807, 2.05) is 49.4 Å². The number of rotatable bonds is 5. The quantitative estimate of drug-likeness (QED) is 0.891. The second kappa shape index (κ2) is 6.05. The first-order valence-electron chi connectivity index (χ1n) is 6.35. The molecule has 0 aliphatic heterocycles. The van der Waals surface area contributed by atoms with E-state index in [9.17, 15) is 4.79 Å². The smallest absolute Gasteiger partial charge is 0.252 e. The summed E-state index contributed by atoms with van der Waals surface area (Å²) in [5.41, 5.74) is 7.74. The number of benzene rings is 2. The van der Waals surface area contributed by atoms with E-state index in [0.29, 0.717) is 17.9 Å². The molecule has 0 atom stereocenters. The van der Waals surface area contributed by atoms with Gasteiger partial charge in [-0.2, -0.15) is 0 Å². The fourth-order valence-corrected chi connectivity index (χ4v) is 1.94. The van der Waals surface area contributed by atoms with E-state index in [0.717, 1.165) is 17.5 Å². The highest BCUT2D eigenvalue weighted by atomic mass is 16.5. The zero-order chi connectivity index (χ0) is 13.7. The molecular weight excluding hydrogens is 238 g/mol. The van der Waals surface area contributed by atoms with Crippen LogP contribution in [0.5, 0.6) is 5.75 Å². The Morgan fingerprint density at radius 1 is 1.11 bits per heavy atom. The van der Waals surface area contributed by atoms with Gasteiger partial charge in [0.2, 0.25) is 0 Å². The van der Waals surface area contributed by atoms with Crippen LogP contribution < -0.4 is 10.5 Å². The molecular formula is C16H17NO2. The zero-order valence-corrected chi connectivity index (χ0v) is 10.9. The molecule has 0 spiro atoms. The first-order valence-corrected chi connectivity index (χ1v) is 6.35. The van der Waals surface area contributed by atoms with E-state index in [-0.39, 0.29) is 0 Å². The Morgan fingerprint density at radius 3 is 2.47 bits per heavy atom. The summed E-state index contributed by atoms with van der Waals surface area (Å²) in [6, 6.07) is 15.3. The molecule has 2 N–H and O–H groups in total. The van der Waals surface area contributed by atoms with Crippen molar-refractivity contribution in [2.45, 2.75) is 13.3 Å². The molecule has 3 nitrogen and oxygen atoms in total. The Morgan fingerprint density at radius 2 is 1.84 bits per heavy atom. The molecule has 0 saturated heterocycles. The fraction of sp³-hybridized carbons (Fsp3) is 0.188. The maximum absolute atomic E-state index is 11.5. The first-order chi connectivity index (χ1) is 9.24. The lowest BCUT2D eigenvalue weighted by Crippen LogP contribution is -2.14. The Labute approximate surface area is 113 Å². The van der Waals surface area contributed by atoms with Crippen molar-refractivity contribution in [3.63, 3.8) is 0 Å². The molecule has 0 unspecified atom stereocenters. The predicted octanol–water partition coefficient (Wildman–Crippen LogP) is 3.24. The van der Waals surface area contributed by atoms with Crippen LogP contribution in [0.15, 0.2) is 48.5 Å². The molecule has 1 amide bonds. The number of hydrogen-bond donors (Lipinski definition) is 1. The van der Waals surface area contributed by atoms with Crippen molar-refractivity contribution in [3.05, 3.63) is 54.1 Å². The molecule has 0 bridgehead atoms. The number of para-hydroxylation sites is 1. The molecule has 0 fully saturated rings. The minimum Gasteiger partial charge on any atom is -0.492 e. The predicted molar refractivity (Wildman–Crippen MR) is 76.2 cm³/mol. The van der Waals surface area contributed by atoms with E-state index in [1.54, 1.807) is 6.07 Å². The highest BCUT2D eigenvalue weighted by Gasteiger charge is 2.14. The van der Waals surface area contributed by atoms with Crippen molar-refractivity contribution in [3.8, 4) is 16.9 Å². The molecule has 0 aliphatic rings. The summed E-state index contributed by atoms with van der Waals surface area (Å²) in [6.45, 7) is 2.58. The van der Waals surface area contributed by atoms with Crippen LogP contribution in [-0.2, 0) is 0 Å². The van der Waals surface area contributed by atoms with Crippen LogP contribution in [0.25, 0.3) is 11.1 Å². The molecule has 0 saturated carbocycles. The number of primary amides is 1. The molecule has 3 heteroatoms. The van der Waals surface area contributed by atoms with Gasteiger partial charge in [-0.1, -0.05) is 49.4 Å². The molecule has 2 aromatic rings. The standard InChI is InChI=1S/C16H17NO2/c1-2-11-19-15-13(12-7-4-3-5-8-12)9-6-10-14(15)16(17)18/h3-10H,2,11H2,1H3,(H2,17,18). The summed E-state index contributed by atoms with van der Waals surface area (Å²) in [4.78, 5) is 11.5. The Bertz CT molecular complexity index is 564. The van der Waals surface area contributed by atoms with Crippen molar-refractivity contribution in [2.24, 2.45) is 5.73 Å². The zero-order valence-electron chi connectivity index (χ0n) is 10.9. The summed E-state index contributed by atoms with van der Waals surface area (Å²) >= 11 is 0. The van der Waals surface area contributed by atoms with Gasteiger partial charge in [0.25, 0.3) is 5.91 Å². The monoisotopic (exact) mass is 255 g/mol. The molecule has 2 rings (SSSR count). The van der Waals surface area contributed by atoms with Crippen LogP contribution in [0.1, 0.15) is 23.7 Å². The minimum atomic E-state index is -0.469. The van der Waals surface area contributed by atoms with E-state index in [4.69, 9.17) is 10.5 Å². The maximum Gasteiger partial charge on any atom is 0.252 e. The van der Waals surface area contributed by atoms with E-state index >= 15 is 0 Å². The topological polar surface area (TPSA) is 52.3 Å². The second-order valence-corrected chi connectivity index (χ2v) is 4.26. The van der Waals surface area contributed by atoms with Gasteiger partial charge in [-0.3, -0.25) is 4.79 Å². The highest BCUT2D eigenvalue weighted by Crippen LogP contribution is 2.33. The van der Waals surface area contributed by atoms with Gasteiger partial charge in [0.15, 0.2) is 0 Å². The average Bonchev–Trinajstić information content (AvgIpc) is 2.45. The van der Waals surface area contributed by atoms with Gasteiger partial charge < -0.3 is 10.5 Å². The largest absolute Gasteiger partial charge is 0.492 e. The number of carbonyl (C=O) groups is 1. The molecule has 0 heterocycles. The molecule has 98 valence electrons. The summed E-state index contributed by atoms with van der Waals surface area (Å²) in [5.74, 6) is 0.104. The van der Waals surface area contributed by atoms with Crippen molar-refractivity contribution >= 4 is 5.91 Å². The summed E-state index contributed by atoms with van der Waals surface area (Å²) in [5, 5.41) is 0. The van der Waals surface area contributed by atoms with Crippen molar-refractivity contribution in [2.75, 3.05) is 6.61 Å². The summed E-state index contributed by atoms with van der Waals surface area (Å²) < 4.78 is 5.73. The number of ether oxygens (including phenoxy) is 1. The SMILES string of the molecule is CCCOc1c(C(N)=O)cccc1-c1ccccc1. The van der Waals surface area contributed by atoms with E-state index in [1.165, 1.54) is 0 Å². The van der Waals surface area contributed by atoms with Crippen LogP contribution in [0.3, 0.4) is 0 Å². The summed E-state index contributed by atoms with van der Waals surface area (Å²) in [6.07, 6.45) is 0.876. The Hall–Kier alpha value is -2.29. The van der Waals surface area contributed by atoms with Crippen molar-refractivity contribution in [1.82, 2.24) is 0 Å². The summed E-state index contributed by atoms with van der Waals surface area (Å²) in [7, 11) is 0. The Balaban J connectivity index is 2.53. The lowest BCUT2D eigenvalue weighted by molar-refractivity contribution is 0.0996. The van der Waals surface area contributed by atoms with Crippen LogP contribution in [-0.4, -0.2) is 12.5 Å². The lowest BCUT2D eigenvalue weighted by Gasteiger charge is -2.14. The lowest BCUT2D eigenvalue weighted by atomic mass is 10.0. The fourth-order valence-electron chi connectivity index (χ4n) is 1.94. The van der Waals surface area contributed by atoms with Gasteiger partial charge in [0.05, 0.1) is 12.2 Å². The molecule has 19 heavy (non-hydrogen) atoms. The van der Waals surface area contributed by atoms with Crippen molar-refractivity contribution in [1.29, 1.82) is 0 Å². The van der Waals surface area contributed by atoms with E-state index < -0.39 is 5.91 Å². The number of hydrogen-bond acceptors (Lipinski definition) is 2. The first kappa shape index (κ1) is 13.1. The van der Waals surface area contributed by atoms with Gasteiger partial charge in [-0.25, -0.2) is 0 Å². The molecule has 0 aliphatic carbocycles. The third-order valence-electron chi connectivity index (χ3n) is 2.82. The van der Waals surface area contributed by atoms with Crippen molar-refractivity contribution < 1.29 is 9.53 Å². The normalized spacial score (nSPS) is 10.2. The highest BCUT2D eigenvalue weighted by molar-refractivity contribution is 5.98. The number of amides is 1. The number of nitrogens with two attached hydrogens (primary N) is 1. The molecule has 0 aromatic heterocycles. The molecule has 0 radical (unpaired) electrons. The second-order valence-electron chi connectivity index (χ2n) is 4.26. The third-order valence-corrected chi connectivity index (χ3v) is 2.82. The molecule has 2 aromatic carbocycles. The van der Waals surface area contributed by atoms with E-state index in [2.05, 4.69) is 0 Å². The third kappa shape index (κ3) is 2.94. The Kier molecular flexibility index (Phi) is 4.18. The van der Waals surface area contributed by atoms with Crippen LogP contribution >= 0.6 is 0 Å². The van der Waals surface area contributed by atoms with Crippen LogP contribution in [0.2, 0.25) is 0 Å². The van der Waals surface area contributed by atoms with Gasteiger partial charge in [0.1, 0.15) is 5.75 Å². The van der Waals surface area contributed by atoms with Gasteiger partial charge in [-0.15, -0.1) is 0 Å². The number of carbonyl (C=O) groups excluding carboxylic acids is 1. The van der Waals surface area contributed by atoms with Gasteiger partial charge in [0, 0.05) is 5.56 Å². The maximum atomic E-state index is 11.5. The van der Waals surface area contributed by atoms with Crippen LogP contribution in [0, 0.1) is 0 Å². The average molecular weight is 255 g/mol. The van der Waals surface area contributed by atoms with Gasteiger partial charge in [-0.05, 0) is 18.1 Å².